The van der Waals surface area contributed by atoms with Crippen LogP contribution >= 0.6 is 0 Å². The Morgan fingerprint density at radius 3 is 2.22 bits per heavy atom. The number of hydrogen-bond donors (Lipinski definition) is 0. The molecule has 4 aromatic heterocycles. The van der Waals surface area contributed by atoms with Crippen LogP contribution in [-0.2, 0) is 20.1 Å². The fourth-order valence-corrected chi connectivity index (χ4v) is 4.60. The molecule has 7 rings (SSSR count). The average molecular weight is 710 g/mol. The van der Waals surface area contributed by atoms with Crippen molar-refractivity contribution in [2.24, 2.45) is 0 Å². The minimum atomic E-state index is 0. The summed E-state index contributed by atoms with van der Waals surface area (Å²) >= 11 is 0. The van der Waals surface area contributed by atoms with Crippen LogP contribution in [0.2, 0.25) is 0 Å². The molecule has 41 heavy (non-hydrogen) atoms. The van der Waals surface area contributed by atoms with Crippen molar-refractivity contribution >= 4 is 22.1 Å². The van der Waals surface area contributed by atoms with E-state index in [1.54, 1.807) is 6.20 Å². The normalized spacial score (nSPS) is 10.7. The first kappa shape index (κ1) is 28.1. The molecule has 0 atom stereocenters. The van der Waals surface area contributed by atoms with Gasteiger partial charge in [0.05, 0.1) is 5.58 Å². The van der Waals surface area contributed by atoms with E-state index in [4.69, 9.17) is 9.40 Å². The van der Waals surface area contributed by atoms with Gasteiger partial charge >= 0.3 is 0 Å². The quantitative estimate of drug-likeness (QED) is 0.171. The van der Waals surface area contributed by atoms with E-state index in [-0.39, 0.29) is 20.1 Å². The van der Waals surface area contributed by atoms with Gasteiger partial charge in [-0.25, -0.2) is 4.98 Å². The molecule has 1 radical (unpaired) electrons. The Morgan fingerprint density at radius 1 is 0.659 bits per heavy atom. The maximum Gasteiger partial charge on any atom is 0.216 e. The summed E-state index contributed by atoms with van der Waals surface area (Å²) in [6, 6.07) is 42.7. The van der Waals surface area contributed by atoms with Gasteiger partial charge in [-0.05, 0) is 52.7 Å². The second-order valence-electron chi connectivity index (χ2n) is 9.73. The van der Waals surface area contributed by atoms with Crippen LogP contribution in [0.5, 0.6) is 0 Å². The van der Waals surface area contributed by atoms with Gasteiger partial charge in [0, 0.05) is 43.6 Å². The van der Waals surface area contributed by atoms with Crippen molar-refractivity contribution in [3.05, 3.63) is 139 Å². The van der Waals surface area contributed by atoms with E-state index in [2.05, 4.69) is 66.3 Å². The molecule has 0 saturated carbocycles. The van der Waals surface area contributed by atoms with Crippen LogP contribution in [0.1, 0.15) is 25.5 Å². The SMILES string of the molecule is CC(C)c1ccc2c(n1)oc1c(-c3cc(-c4ccccc4)ccn3)[c-]ccc12.[Ir].[c-]1ccccc1-c1ccccn1. The van der Waals surface area contributed by atoms with Gasteiger partial charge in [0.25, 0.3) is 0 Å². The topological polar surface area (TPSA) is 51.8 Å². The van der Waals surface area contributed by atoms with E-state index < -0.39 is 0 Å². The number of rotatable bonds is 4. The third kappa shape index (κ3) is 6.17. The van der Waals surface area contributed by atoms with E-state index >= 15 is 0 Å². The molecule has 0 aliphatic rings. The second-order valence-corrected chi connectivity index (χ2v) is 9.73. The number of nitrogens with zero attached hydrogens (tertiary/aromatic N) is 3. The van der Waals surface area contributed by atoms with Crippen molar-refractivity contribution in [3.8, 4) is 33.6 Å². The number of fused-ring (bicyclic) bond motifs is 3. The van der Waals surface area contributed by atoms with Crippen molar-refractivity contribution in [3.63, 3.8) is 0 Å². The van der Waals surface area contributed by atoms with Crippen molar-refractivity contribution in [1.29, 1.82) is 0 Å². The zero-order valence-electron chi connectivity index (χ0n) is 22.7. The molecule has 3 aromatic carbocycles. The van der Waals surface area contributed by atoms with Crippen LogP contribution in [0.25, 0.3) is 55.7 Å². The van der Waals surface area contributed by atoms with Crippen molar-refractivity contribution in [2.75, 3.05) is 0 Å². The number of pyridine rings is 3. The Bertz CT molecular complexity index is 1830. The minimum absolute atomic E-state index is 0. The molecule has 5 heteroatoms. The van der Waals surface area contributed by atoms with Gasteiger partial charge < -0.3 is 14.4 Å². The molecule has 7 aromatic rings. The third-order valence-corrected chi connectivity index (χ3v) is 6.68. The van der Waals surface area contributed by atoms with Gasteiger partial charge in [-0.3, -0.25) is 0 Å². The molecule has 0 unspecified atom stereocenters. The first-order chi connectivity index (χ1) is 19.7. The van der Waals surface area contributed by atoms with E-state index in [0.29, 0.717) is 11.6 Å². The summed E-state index contributed by atoms with van der Waals surface area (Å²) in [7, 11) is 0. The summed E-state index contributed by atoms with van der Waals surface area (Å²) in [6.45, 7) is 4.27. The predicted octanol–water partition coefficient (Wildman–Crippen LogP) is 9.18. The molecule has 0 N–H and O–H groups in total. The summed E-state index contributed by atoms with van der Waals surface area (Å²) in [4.78, 5) is 13.5. The molecule has 0 aliphatic heterocycles. The van der Waals surface area contributed by atoms with Crippen molar-refractivity contribution < 1.29 is 24.5 Å². The van der Waals surface area contributed by atoms with Crippen molar-refractivity contribution in [2.45, 2.75) is 19.8 Å². The van der Waals surface area contributed by atoms with Gasteiger partial charge in [-0.1, -0.05) is 73.3 Å². The standard InChI is InChI=1S/C25H19N2O.C11H8N.Ir/c1-16(2)22-12-11-20-19-9-6-10-21(24(19)28-25(20)27-22)23-15-18(13-14-26-23)17-7-4-3-5-8-17;1-2-6-10(7-3-1)11-8-4-5-9-12-11;/h3-9,11-16H,1-2H3;1-6,8-9H;/q2*-1;. The first-order valence-corrected chi connectivity index (χ1v) is 13.3. The molecule has 0 fully saturated rings. The molecule has 0 spiro atoms. The van der Waals surface area contributed by atoms with E-state index in [1.165, 1.54) is 0 Å². The van der Waals surface area contributed by atoms with Gasteiger partial charge in [-0.2, -0.15) is 0 Å². The van der Waals surface area contributed by atoms with Crippen LogP contribution in [-0.4, -0.2) is 15.0 Å². The van der Waals surface area contributed by atoms with Gasteiger partial charge in [-0.15, -0.1) is 54.1 Å². The zero-order valence-corrected chi connectivity index (χ0v) is 25.1. The second kappa shape index (κ2) is 12.8. The summed E-state index contributed by atoms with van der Waals surface area (Å²) in [6.07, 6.45) is 3.62. The van der Waals surface area contributed by atoms with Crippen LogP contribution in [0.15, 0.2) is 126 Å². The summed E-state index contributed by atoms with van der Waals surface area (Å²) in [5, 5.41) is 2.06. The van der Waals surface area contributed by atoms with E-state index in [1.807, 2.05) is 85.1 Å². The maximum atomic E-state index is 6.19. The first-order valence-electron chi connectivity index (χ1n) is 13.3. The van der Waals surface area contributed by atoms with Gasteiger partial charge in [0.1, 0.15) is 0 Å². The van der Waals surface area contributed by atoms with Crippen LogP contribution in [0.3, 0.4) is 0 Å². The molecule has 0 saturated heterocycles. The average Bonchev–Trinajstić information content (AvgIpc) is 3.41. The van der Waals surface area contributed by atoms with Crippen molar-refractivity contribution in [1.82, 2.24) is 15.0 Å². The van der Waals surface area contributed by atoms with E-state index in [9.17, 15) is 0 Å². The predicted molar refractivity (Wildman–Crippen MR) is 162 cm³/mol. The Morgan fingerprint density at radius 2 is 1.46 bits per heavy atom. The zero-order chi connectivity index (χ0) is 27.3. The molecule has 0 aliphatic carbocycles. The van der Waals surface area contributed by atoms with Crippen LogP contribution < -0.4 is 0 Å². The minimum Gasteiger partial charge on any atom is -0.486 e. The van der Waals surface area contributed by atoms with E-state index in [0.717, 1.165) is 55.7 Å². The fraction of sp³-hybridized carbons (Fsp3) is 0.0833. The number of hydrogen-bond acceptors (Lipinski definition) is 4. The Hall–Kier alpha value is -4.44. The smallest absolute Gasteiger partial charge is 0.216 e. The Labute approximate surface area is 253 Å². The van der Waals surface area contributed by atoms with Gasteiger partial charge in [0.2, 0.25) is 5.71 Å². The molecule has 203 valence electrons. The Kier molecular flexibility index (Phi) is 8.79. The Balaban J connectivity index is 0.000000218. The summed E-state index contributed by atoms with van der Waals surface area (Å²) < 4.78 is 6.19. The molecule has 4 nitrogen and oxygen atoms in total. The number of furan rings is 1. The molecule has 4 heterocycles. The molecular formula is C36H27IrN3O-2. The largest absolute Gasteiger partial charge is 0.486 e. The number of benzene rings is 3. The third-order valence-electron chi connectivity index (χ3n) is 6.68. The number of aromatic nitrogens is 3. The van der Waals surface area contributed by atoms with Gasteiger partial charge in [0.15, 0.2) is 0 Å². The fourth-order valence-electron chi connectivity index (χ4n) is 4.60. The molecular weight excluding hydrogens is 683 g/mol. The molecule has 0 bridgehead atoms. The van der Waals surface area contributed by atoms with Crippen LogP contribution in [0.4, 0.5) is 0 Å². The maximum absolute atomic E-state index is 6.19. The molecule has 0 amide bonds. The van der Waals surface area contributed by atoms with Crippen LogP contribution in [0, 0.1) is 12.1 Å². The summed E-state index contributed by atoms with van der Waals surface area (Å²) in [5.41, 5.74) is 8.47. The summed E-state index contributed by atoms with van der Waals surface area (Å²) in [5.74, 6) is 0.355. The monoisotopic (exact) mass is 710 g/mol.